The van der Waals surface area contributed by atoms with Crippen LogP contribution in [0.3, 0.4) is 0 Å². The number of likely N-dealkylation sites (N-methyl/N-ethyl adjacent to an activating group) is 2. The van der Waals surface area contributed by atoms with Crippen molar-refractivity contribution in [2.24, 2.45) is 0 Å². The van der Waals surface area contributed by atoms with Crippen LogP contribution in [0, 0.1) is 0 Å². The first-order chi connectivity index (χ1) is 8.35. The Hall–Kier alpha value is -0.170. The summed E-state index contributed by atoms with van der Waals surface area (Å²) in [5, 5.41) is 3.13. The fraction of sp³-hybridized carbons (Fsp3) is 1.00. The summed E-state index contributed by atoms with van der Waals surface area (Å²) in [5.74, 6) is 0.179. The summed E-state index contributed by atoms with van der Waals surface area (Å²) in [5.41, 5.74) is 0. The lowest BCUT2D eigenvalue weighted by Gasteiger charge is -2.29. The molecule has 0 aliphatic heterocycles. The van der Waals surface area contributed by atoms with E-state index in [0.29, 0.717) is 13.1 Å². The monoisotopic (exact) mass is 279 g/mol. The van der Waals surface area contributed by atoms with Gasteiger partial charge in [0.1, 0.15) is 0 Å². The molecule has 0 saturated carbocycles. The van der Waals surface area contributed by atoms with Gasteiger partial charge in [-0.25, -0.2) is 8.42 Å². The summed E-state index contributed by atoms with van der Waals surface area (Å²) in [4.78, 5) is 2.01. The van der Waals surface area contributed by atoms with Gasteiger partial charge in [-0.1, -0.05) is 13.8 Å². The van der Waals surface area contributed by atoms with Crippen molar-refractivity contribution in [3.63, 3.8) is 0 Å². The Morgan fingerprint density at radius 3 is 2.22 bits per heavy atom. The Labute approximate surface area is 113 Å². The molecular formula is C12H29N3O2S. The molecule has 0 aliphatic rings. The van der Waals surface area contributed by atoms with E-state index in [1.807, 2.05) is 32.8 Å². The summed E-state index contributed by atoms with van der Waals surface area (Å²) in [6.07, 6.45) is 1.02. The van der Waals surface area contributed by atoms with Crippen molar-refractivity contribution >= 4 is 10.0 Å². The quantitative estimate of drug-likeness (QED) is 0.595. The molecule has 0 aromatic rings. The maximum Gasteiger partial charge on any atom is 0.215 e. The van der Waals surface area contributed by atoms with Crippen LogP contribution in [0.1, 0.15) is 27.2 Å². The van der Waals surface area contributed by atoms with Crippen LogP contribution in [0.25, 0.3) is 0 Å². The maximum absolute atomic E-state index is 12.2. The first kappa shape index (κ1) is 17.8. The average molecular weight is 279 g/mol. The van der Waals surface area contributed by atoms with Crippen LogP contribution in [0.4, 0.5) is 0 Å². The predicted molar refractivity (Wildman–Crippen MR) is 77.3 cm³/mol. The molecule has 0 fully saturated rings. The lowest BCUT2D eigenvalue weighted by atomic mass is 10.3. The highest BCUT2D eigenvalue weighted by molar-refractivity contribution is 7.89. The number of hydrogen-bond acceptors (Lipinski definition) is 4. The smallest absolute Gasteiger partial charge is 0.215 e. The number of nitrogens with zero attached hydrogens (tertiary/aromatic N) is 2. The normalized spacial score (nSPS) is 14.4. The predicted octanol–water partition coefficient (Wildman–Crippen LogP) is 0.588. The van der Waals surface area contributed by atoms with Crippen LogP contribution >= 0.6 is 0 Å². The third-order valence-corrected chi connectivity index (χ3v) is 4.81. The third-order valence-electron chi connectivity index (χ3n) is 2.75. The van der Waals surface area contributed by atoms with Gasteiger partial charge in [0.15, 0.2) is 0 Å². The standard InChI is InChI=1S/C12H29N3O2S/c1-6-8-13-9-10-18(16,17)15(7-2)12(3)11-14(4)5/h12-13H,6-11H2,1-5H3. The van der Waals surface area contributed by atoms with Crippen LogP contribution in [0.5, 0.6) is 0 Å². The van der Waals surface area contributed by atoms with Gasteiger partial charge in [-0.2, -0.15) is 4.31 Å². The average Bonchev–Trinajstić information content (AvgIpc) is 2.23. The van der Waals surface area contributed by atoms with Crippen molar-refractivity contribution in [2.45, 2.75) is 33.2 Å². The lowest BCUT2D eigenvalue weighted by molar-refractivity contribution is 0.271. The zero-order valence-corrected chi connectivity index (χ0v) is 13.3. The van der Waals surface area contributed by atoms with E-state index in [1.54, 1.807) is 4.31 Å². The molecule has 0 saturated heterocycles. The second-order valence-electron chi connectivity index (χ2n) is 4.88. The molecule has 0 radical (unpaired) electrons. The van der Waals surface area contributed by atoms with Crippen molar-refractivity contribution in [1.29, 1.82) is 0 Å². The molecule has 18 heavy (non-hydrogen) atoms. The Kier molecular flexibility index (Phi) is 8.77. The number of sulfonamides is 1. The summed E-state index contributed by atoms with van der Waals surface area (Å²) in [7, 11) is 0.763. The van der Waals surface area contributed by atoms with Gasteiger partial charge in [0.2, 0.25) is 10.0 Å². The summed E-state index contributed by atoms with van der Waals surface area (Å²) >= 11 is 0. The minimum absolute atomic E-state index is 0.0150. The molecule has 0 amide bonds. The molecule has 0 aromatic carbocycles. The molecule has 0 rings (SSSR count). The fourth-order valence-corrected chi connectivity index (χ4v) is 3.67. The van der Waals surface area contributed by atoms with E-state index in [0.717, 1.165) is 19.5 Å². The van der Waals surface area contributed by atoms with E-state index < -0.39 is 10.0 Å². The van der Waals surface area contributed by atoms with Crippen molar-refractivity contribution in [3.8, 4) is 0 Å². The molecule has 6 heteroatoms. The number of rotatable bonds is 10. The van der Waals surface area contributed by atoms with Crippen molar-refractivity contribution in [1.82, 2.24) is 14.5 Å². The molecular weight excluding hydrogens is 250 g/mol. The van der Waals surface area contributed by atoms with Crippen molar-refractivity contribution < 1.29 is 8.42 Å². The minimum atomic E-state index is -3.15. The highest BCUT2D eigenvalue weighted by Crippen LogP contribution is 2.08. The van der Waals surface area contributed by atoms with E-state index in [1.165, 1.54) is 0 Å². The van der Waals surface area contributed by atoms with Crippen LogP contribution in [0.15, 0.2) is 0 Å². The molecule has 110 valence electrons. The van der Waals surface area contributed by atoms with Gasteiger partial charge < -0.3 is 10.2 Å². The molecule has 0 aliphatic carbocycles. The van der Waals surface area contributed by atoms with Crippen LogP contribution in [0.2, 0.25) is 0 Å². The first-order valence-electron chi connectivity index (χ1n) is 6.70. The van der Waals surface area contributed by atoms with E-state index in [2.05, 4.69) is 12.2 Å². The molecule has 1 N–H and O–H groups in total. The maximum atomic E-state index is 12.2. The Bertz CT molecular complexity index is 304. The molecule has 1 unspecified atom stereocenters. The molecule has 0 aromatic heterocycles. The summed E-state index contributed by atoms with van der Waals surface area (Å²) in [6.45, 7) is 8.60. The van der Waals surface area contributed by atoms with E-state index in [9.17, 15) is 8.42 Å². The topological polar surface area (TPSA) is 52.7 Å². The lowest BCUT2D eigenvalue weighted by Crippen LogP contribution is -2.45. The molecule has 1 atom stereocenters. The number of nitrogens with one attached hydrogen (secondary N) is 1. The van der Waals surface area contributed by atoms with E-state index in [-0.39, 0.29) is 11.8 Å². The summed E-state index contributed by atoms with van der Waals surface area (Å²) in [6, 6.07) is 0.0150. The second kappa shape index (κ2) is 8.85. The molecule has 0 heterocycles. The second-order valence-corrected chi connectivity index (χ2v) is 6.92. The third kappa shape index (κ3) is 6.68. The van der Waals surface area contributed by atoms with Crippen molar-refractivity contribution in [2.75, 3.05) is 46.0 Å². The molecule has 5 nitrogen and oxygen atoms in total. The Morgan fingerprint density at radius 1 is 1.17 bits per heavy atom. The van der Waals surface area contributed by atoms with Gasteiger partial charge in [-0.15, -0.1) is 0 Å². The highest BCUT2D eigenvalue weighted by Gasteiger charge is 2.25. The van der Waals surface area contributed by atoms with Crippen molar-refractivity contribution in [3.05, 3.63) is 0 Å². The van der Waals surface area contributed by atoms with Crippen LogP contribution < -0.4 is 5.32 Å². The summed E-state index contributed by atoms with van der Waals surface area (Å²) < 4.78 is 26.0. The fourth-order valence-electron chi connectivity index (χ4n) is 2.02. The zero-order valence-electron chi connectivity index (χ0n) is 12.4. The largest absolute Gasteiger partial charge is 0.316 e. The van der Waals surface area contributed by atoms with Crippen LogP contribution in [-0.2, 0) is 10.0 Å². The highest BCUT2D eigenvalue weighted by atomic mass is 32.2. The van der Waals surface area contributed by atoms with Gasteiger partial charge in [0.25, 0.3) is 0 Å². The van der Waals surface area contributed by atoms with Gasteiger partial charge in [0, 0.05) is 25.7 Å². The molecule has 0 spiro atoms. The molecule has 0 bridgehead atoms. The van der Waals surface area contributed by atoms with Gasteiger partial charge >= 0.3 is 0 Å². The zero-order chi connectivity index (χ0) is 14.2. The number of hydrogen-bond donors (Lipinski definition) is 1. The van der Waals surface area contributed by atoms with E-state index in [4.69, 9.17) is 0 Å². The van der Waals surface area contributed by atoms with Gasteiger partial charge in [0.05, 0.1) is 5.75 Å². The SMILES string of the molecule is CCCNCCS(=O)(=O)N(CC)C(C)CN(C)C. The Morgan fingerprint density at radius 2 is 1.78 bits per heavy atom. The van der Waals surface area contributed by atoms with E-state index >= 15 is 0 Å². The first-order valence-corrected chi connectivity index (χ1v) is 8.31. The van der Waals surface area contributed by atoms with Crippen LogP contribution in [-0.4, -0.2) is 69.7 Å². The minimum Gasteiger partial charge on any atom is -0.316 e. The van der Waals surface area contributed by atoms with Gasteiger partial charge in [-0.05, 0) is 34.0 Å². The Balaban J connectivity index is 4.42. The van der Waals surface area contributed by atoms with Gasteiger partial charge in [-0.3, -0.25) is 0 Å².